The van der Waals surface area contributed by atoms with E-state index in [0.717, 1.165) is 17.1 Å². The molecule has 30 heavy (non-hydrogen) atoms. The van der Waals surface area contributed by atoms with Crippen molar-refractivity contribution in [2.75, 3.05) is 30.9 Å². The Labute approximate surface area is 181 Å². The lowest BCUT2D eigenvalue weighted by molar-refractivity contribution is -0.129. The maximum atomic E-state index is 12.8. The summed E-state index contributed by atoms with van der Waals surface area (Å²) in [5.41, 5.74) is 0.918. The van der Waals surface area contributed by atoms with Crippen molar-refractivity contribution < 1.29 is 17.9 Å². The quantitative estimate of drug-likeness (QED) is 0.568. The van der Waals surface area contributed by atoms with Crippen molar-refractivity contribution >= 4 is 27.5 Å². The van der Waals surface area contributed by atoms with Crippen LogP contribution in [0, 0.1) is 0 Å². The highest BCUT2D eigenvalue weighted by Crippen LogP contribution is 2.29. The van der Waals surface area contributed by atoms with Crippen LogP contribution in [0.1, 0.15) is 33.2 Å². The fourth-order valence-corrected chi connectivity index (χ4v) is 6.33. The van der Waals surface area contributed by atoms with E-state index in [-0.39, 0.29) is 35.2 Å². The van der Waals surface area contributed by atoms with Gasteiger partial charge in [-0.1, -0.05) is 11.8 Å². The number of hydrogen-bond acceptors (Lipinski definition) is 7. The standard InChI is InChI=1S/C20H28N4O4S2/c1-5-23(16-10-11-30(26,27)13-16)18(25)12-29-20-22-21-19(24(20)14(2)3)15-6-8-17(28-4)9-7-15/h6-9,14,16H,5,10-13H2,1-4H3/t16-/m0/s1. The van der Waals surface area contributed by atoms with E-state index in [2.05, 4.69) is 10.2 Å². The van der Waals surface area contributed by atoms with Gasteiger partial charge in [0.2, 0.25) is 5.91 Å². The first-order valence-electron chi connectivity index (χ1n) is 9.97. The number of benzene rings is 1. The van der Waals surface area contributed by atoms with Crippen molar-refractivity contribution in [3.8, 4) is 17.1 Å². The fraction of sp³-hybridized carbons (Fsp3) is 0.550. The predicted molar refractivity (Wildman–Crippen MR) is 118 cm³/mol. The average Bonchev–Trinajstić information content (AvgIpc) is 3.30. The van der Waals surface area contributed by atoms with Gasteiger partial charge in [-0.05, 0) is 51.5 Å². The van der Waals surface area contributed by atoms with Crippen molar-refractivity contribution in [1.29, 1.82) is 0 Å². The average molecular weight is 453 g/mol. The molecule has 164 valence electrons. The van der Waals surface area contributed by atoms with E-state index >= 15 is 0 Å². The molecule has 2 heterocycles. The predicted octanol–water partition coefficient (Wildman–Crippen LogP) is 2.66. The second kappa shape index (κ2) is 9.38. The molecule has 1 aliphatic heterocycles. The van der Waals surface area contributed by atoms with Crippen LogP contribution in [0.15, 0.2) is 29.4 Å². The lowest BCUT2D eigenvalue weighted by Gasteiger charge is -2.26. The topological polar surface area (TPSA) is 94.4 Å². The van der Waals surface area contributed by atoms with Crippen LogP contribution in [0.5, 0.6) is 5.75 Å². The van der Waals surface area contributed by atoms with Gasteiger partial charge in [0, 0.05) is 24.2 Å². The highest BCUT2D eigenvalue weighted by atomic mass is 32.2. The van der Waals surface area contributed by atoms with Crippen LogP contribution >= 0.6 is 11.8 Å². The first-order valence-corrected chi connectivity index (χ1v) is 12.8. The summed E-state index contributed by atoms with van der Waals surface area (Å²) in [6, 6.07) is 7.49. The largest absolute Gasteiger partial charge is 0.497 e. The third-order valence-electron chi connectivity index (χ3n) is 5.16. The molecule has 1 fully saturated rings. The Kier molecular flexibility index (Phi) is 7.07. The Bertz CT molecular complexity index is 987. The smallest absolute Gasteiger partial charge is 0.233 e. The maximum absolute atomic E-state index is 12.8. The van der Waals surface area contributed by atoms with E-state index < -0.39 is 9.84 Å². The highest BCUT2D eigenvalue weighted by molar-refractivity contribution is 7.99. The van der Waals surface area contributed by atoms with Crippen molar-refractivity contribution in [1.82, 2.24) is 19.7 Å². The van der Waals surface area contributed by atoms with Crippen molar-refractivity contribution in [2.45, 2.75) is 44.4 Å². The number of methoxy groups -OCH3 is 1. The van der Waals surface area contributed by atoms with Gasteiger partial charge in [0.15, 0.2) is 20.8 Å². The van der Waals surface area contributed by atoms with Gasteiger partial charge in [0.1, 0.15) is 5.75 Å². The van der Waals surface area contributed by atoms with Crippen LogP contribution in [0.3, 0.4) is 0 Å². The van der Waals surface area contributed by atoms with E-state index in [9.17, 15) is 13.2 Å². The number of amides is 1. The van der Waals surface area contributed by atoms with Crippen molar-refractivity contribution in [3.63, 3.8) is 0 Å². The number of nitrogens with zero attached hydrogens (tertiary/aromatic N) is 4. The normalized spacial score (nSPS) is 18.0. The lowest BCUT2D eigenvalue weighted by Crippen LogP contribution is -2.42. The minimum atomic E-state index is -3.04. The number of sulfone groups is 1. The summed E-state index contributed by atoms with van der Waals surface area (Å²) < 4.78 is 30.8. The molecule has 1 aliphatic rings. The zero-order valence-corrected chi connectivity index (χ0v) is 19.4. The highest BCUT2D eigenvalue weighted by Gasteiger charge is 2.34. The van der Waals surface area contributed by atoms with Gasteiger partial charge in [-0.3, -0.25) is 9.36 Å². The number of rotatable bonds is 8. The van der Waals surface area contributed by atoms with Crippen LogP contribution in [-0.2, 0) is 14.6 Å². The molecule has 1 atom stereocenters. The van der Waals surface area contributed by atoms with E-state index in [1.54, 1.807) is 12.0 Å². The fourth-order valence-electron chi connectivity index (χ4n) is 3.65. The number of ether oxygens (including phenoxy) is 1. The minimum Gasteiger partial charge on any atom is -0.497 e. The zero-order chi connectivity index (χ0) is 21.9. The summed E-state index contributed by atoms with van der Waals surface area (Å²) in [4.78, 5) is 14.5. The molecule has 1 saturated heterocycles. The van der Waals surface area contributed by atoms with Gasteiger partial charge in [0.25, 0.3) is 0 Å². The Morgan fingerprint density at radius 3 is 2.53 bits per heavy atom. The zero-order valence-electron chi connectivity index (χ0n) is 17.7. The molecule has 0 radical (unpaired) electrons. The molecule has 2 aromatic rings. The molecule has 3 rings (SSSR count). The minimum absolute atomic E-state index is 0.0566. The molecule has 0 spiro atoms. The summed E-state index contributed by atoms with van der Waals surface area (Å²) in [7, 11) is -1.41. The van der Waals surface area contributed by atoms with Crippen LogP contribution in [-0.4, -0.2) is 70.9 Å². The number of aromatic nitrogens is 3. The van der Waals surface area contributed by atoms with E-state index in [0.29, 0.717) is 18.1 Å². The van der Waals surface area contributed by atoms with E-state index in [1.165, 1.54) is 11.8 Å². The lowest BCUT2D eigenvalue weighted by atomic mass is 10.2. The van der Waals surface area contributed by atoms with Crippen LogP contribution < -0.4 is 4.74 Å². The van der Waals surface area contributed by atoms with E-state index in [1.807, 2.05) is 49.6 Å². The van der Waals surface area contributed by atoms with Gasteiger partial charge < -0.3 is 9.64 Å². The molecular weight excluding hydrogens is 424 g/mol. The molecule has 0 aliphatic carbocycles. The van der Waals surface area contributed by atoms with Crippen molar-refractivity contribution in [2.24, 2.45) is 0 Å². The molecule has 1 aromatic carbocycles. The second-order valence-electron chi connectivity index (χ2n) is 7.52. The second-order valence-corrected chi connectivity index (χ2v) is 10.7. The molecule has 10 heteroatoms. The SMILES string of the molecule is CCN(C(=O)CSc1nnc(-c2ccc(OC)cc2)n1C(C)C)[C@H]1CCS(=O)(=O)C1. The number of hydrogen-bond donors (Lipinski definition) is 0. The van der Waals surface area contributed by atoms with Crippen LogP contribution in [0.2, 0.25) is 0 Å². The van der Waals surface area contributed by atoms with E-state index in [4.69, 9.17) is 4.74 Å². The summed E-state index contributed by atoms with van der Waals surface area (Å²) in [6.45, 7) is 6.47. The first-order chi connectivity index (χ1) is 14.3. The molecule has 1 aromatic heterocycles. The summed E-state index contributed by atoms with van der Waals surface area (Å²) in [5.74, 6) is 1.83. The Balaban J connectivity index is 1.74. The maximum Gasteiger partial charge on any atom is 0.233 e. The van der Waals surface area contributed by atoms with Gasteiger partial charge in [0.05, 0.1) is 24.4 Å². The van der Waals surface area contributed by atoms with Gasteiger partial charge in [-0.2, -0.15) is 0 Å². The summed E-state index contributed by atoms with van der Waals surface area (Å²) in [5, 5.41) is 9.33. The van der Waals surface area contributed by atoms with Gasteiger partial charge >= 0.3 is 0 Å². The van der Waals surface area contributed by atoms with Crippen molar-refractivity contribution in [3.05, 3.63) is 24.3 Å². The molecular formula is C20H28N4O4S2. The molecule has 0 unspecified atom stereocenters. The summed E-state index contributed by atoms with van der Waals surface area (Å²) >= 11 is 1.33. The molecule has 0 bridgehead atoms. The molecule has 8 nitrogen and oxygen atoms in total. The van der Waals surface area contributed by atoms with Crippen LogP contribution in [0.4, 0.5) is 0 Å². The summed E-state index contributed by atoms with van der Waals surface area (Å²) in [6.07, 6.45) is 0.510. The van der Waals surface area contributed by atoms with Gasteiger partial charge in [-0.25, -0.2) is 8.42 Å². The number of carbonyl (C=O) groups excluding carboxylic acids is 1. The number of carbonyl (C=O) groups is 1. The third kappa shape index (κ3) is 4.97. The molecule has 0 N–H and O–H groups in total. The Hall–Kier alpha value is -2.07. The number of thioether (sulfide) groups is 1. The third-order valence-corrected chi connectivity index (χ3v) is 7.84. The Morgan fingerprint density at radius 2 is 2.00 bits per heavy atom. The van der Waals surface area contributed by atoms with Crippen LogP contribution in [0.25, 0.3) is 11.4 Å². The monoisotopic (exact) mass is 452 g/mol. The molecule has 1 amide bonds. The van der Waals surface area contributed by atoms with Gasteiger partial charge in [-0.15, -0.1) is 10.2 Å². The molecule has 0 saturated carbocycles. The Morgan fingerprint density at radius 1 is 1.30 bits per heavy atom. The first kappa shape index (κ1) is 22.6.